The summed E-state index contributed by atoms with van der Waals surface area (Å²) in [5.74, 6) is 0.915. The highest BCUT2D eigenvalue weighted by Gasteiger charge is 1.99. The van der Waals surface area contributed by atoms with Crippen LogP contribution in [0.1, 0.15) is 12.8 Å². The van der Waals surface area contributed by atoms with E-state index in [-0.39, 0.29) is 0 Å². The van der Waals surface area contributed by atoms with Crippen LogP contribution in [0.2, 0.25) is 0 Å². The zero-order chi connectivity index (χ0) is 10.2. The summed E-state index contributed by atoms with van der Waals surface area (Å²) in [6.45, 7) is 0.616. The second-order valence-corrected chi connectivity index (χ2v) is 3.61. The van der Waals surface area contributed by atoms with E-state index < -0.39 is 0 Å². The SMILES string of the molecule is CSc1ccccc1OCCCC#N. The van der Waals surface area contributed by atoms with E-state index in [2.05, 4.69) is 6.07 Å². The van der Waals surface area contributed by atoms with E-state index >= 15 is 0 Å². The van der Waals surface area contributed by atoms with Gasteiger partial charge in [0.25, 0.3) is 0 Å². The van der Waals surface area contributed by atoms with Gasteiger partial charge >= 0.3 is 0 Å². The zero-order valence-electron chi connectivity index (χ0n) is 8.19. The molecule has 0 amide bonds. The second kappa shape index (κ2) is 6.33. The van der Waals surface area contributed by atoms with Crippen LogP contribution in [0, 0.1) is 11.3 Å². The van der Waals surface area contributed by atoms with Crippen LogP contribution in [-0.4, -0.2) is 12.9 Å². The first-order valence-corrected chi connectivity index (χ1v) is 5.73. The molecule has 0 spiro atoms. The molecule has 0 aliphatic rings. The maximum atomic E-state index is 8.35. The molecule has 3 heteroatoms. The molecule has 1 aromatic carbocycles. The van der Waals surface area contributed by atoms with Crippen LogP contribution in [0.5, 0.6) is 5.75 Å². The zero-order valence-corrected chi connectivity index (χ0v) is 9.01. The highest BCUT2D eigenvalue weighted by atomic mass is 32.2. The number of thioether (sulfide) groups is 1. The molecule has 0 bridgehead atoms. The van der Waals surface area contributed by atoms with Crippen LogP contribution in [-0.2, 0) is 0 Å². The van der Waals surface area contributed by atoms with Crippen molar-refractivity contribution < 1.29 is 4.74 Å². The molecule has 0 unspecified atom stereocenters. The molecule has 14 heavy (non-hydrogen) atoms. The van der Waals surface area contributed by atoms with Gasteiger partial charge in [-0.25, -0.2) is 0 Å². The van der Waals surface area contributed by atoms with Crippen LogP contribution in [0.15, 0.2) is 29.2 Å². The lowest BCUT2D eigenvalue weighted by Gasteiger charge is -2.08. The van der Waals surface area contributed by atoms with Crippen molar-refractivity contribution in [3.05, 3.63) is 24.3 Å². The Bertz CT molecular complexity index is 319. The fraction of sp³-hybridized carbons (Fsp3) is 0.364. The Kier molecular flexibility index (Phi) is 4.95. The highest BCUT2D eigenvalue weighted by molar-refractivity contribution is 7.98. The Balaban J connectivity index is 2.46. The summed E-state index contributed by atoms with van der Waals surface area (Å²) in [6.07, 6.45) is 3.37. The minimum absolute atomic E-state index is 0.557. The standard InChI is InChI=1S/C11H13NOS/c1-14-11-7-3-2-6-10(11)13-9-5-4-8-12/h2-3,6-7H,4-5,9H2,1H3. The third kappa shape index (κ3) is 3.31. The van der Waals surface area contributed by atoms with Crippen LogP contribution in [0.25, 0.3) is 0 Å². The summed E-state index contributed by atoms with van der Waals surface area (Å²) in [5.41, 5.74) is 0. The largest absolute Gasteiger partial charge is 0.492 e. The van der Waals surface area contributed by atoms with Crippen LogP contribution in [0.4, 0.5) is 0 Å². The summed E-state index contributed by atoms with van der Waals surface area (Å²) in [6, 6.07) is 10.0. The van der Waals surface area contributed by atoms with Gasteiger partial charge in [-0.3, -0.25) is 0 Å². The molecule has 1 aromatic rings. The summed E-state index contributed by atoms with van der Waals surface area (Å²) in [5, 5.41) is 8.35. The predicted molar refractivity (Wildman–Crippen MR) is 58.6 cm³/mol. The second-order valence-electron chi connectivity index (χ2n) is 2.76. The van der Waals surface area contributed by atoms with E-state index in [0.29, 0.717) is 13.0 Å². The number of ether oxygens (including phenoxy) is 1. The molecule has 0 heterocycles. The third-order valence-electron chi connectivity index (χ3n) is 1.76. The Labute approximate surface area is 88.9 Å². The third-order valence-corrected chi connectivity index (χ3v) is 2.54. The summed E-state index contributed by atoms with van der Waals surface area (Å²) >= 11 is 1.67. The van der Waals surface area contributed by atoms with Crippen molar-refractivity contribution in [2.75, 3.05) is 12.9 Å². The minimum atomic E-state index is 0.557. The van der Waals surface area contributed by atoms with Crippen LogP contribution in [0.3, 0.4) is 0 Å². The van der Waals surface area contributed by atoms with E-state index in [9.17, 15) is 0 Å². The van der Waals surface area contributed by atoms with Gasteiger partial charge in [-0.2, -0.15) is 5.26 Å². The molecule has 2 nitrogen and oxygen atoms in total. The lowest BCUT2D eigenvalue weighted by molar-refractivity contribution is 0.306. The quantitative estimate of drug-likeness (QED) is 0.549. The molecule has 0 aliphatic carbocycles. The molecule has 0 radical (unpaired) electrons. The van der Waals surface area contributed by atoms with Crippen molar-refractivity contribution in [2.45, 2.75) is 17.7 Å². The van der Waals surface area contributed by atoms with E-state index in [1.54, 1.807) is 11.8 Å². The predicted octanol–water partition coefficient (Wildman–Crippen LogP) is 3.09. The van der Waals surface area contributed by atoms with Gasteiger partial charge in [0.15, 0.2) is 0 Å². The molecule has 0 atom stereocenters. The lowest BCUT2D eigenvalue weighted by Crippen LogP contribution is -1.97. The molecule has 0 fully saturated rings. The summed E-state index contributed by atoms with van der Waals surface area (Å²) in [7, 11) is 0. The van der Waals surface area contributed by atoms with Crippen molar-refractivity contribution >= 4 is 11.8 Å². The first kappa shape index (κ1) is 10.9. The van der Waals surface area contributed by atoms with E-state index in [1.165, 1.54) is 0 Å². The maximum absolute atomic E-state index is 8.35. The number of benzene rings is 1. The van der Waals surface area contributed by atoms with Crippen molar-refractivity contribution in [1.82, 2.24) is 0 Å². The Hall–Kier alpha value is -1.14. The van der Waals surface area contributed by atoms with Crippen LogP contribution < -0.4 is 4.74 Å². The average molecular weight is 207 g/mol. The van der Waals surface area contributed by atoms with Crippen molar-refractivity contribution in [1.29, 1.82) is 5.26 Å². The number of unbranched alkanes of at least 4 members (excludes halogenated alkanes) is 1. The van der Waals surface area contributed by atoms with Gasteiger partial charge in [-0.05, 0) is 24.8 Å². The Morgan fingerprint density at radius 3 is 2.93 bits per heavy atom. The van der Waals surface area contributed by atoms with Crippen molar-refractivity contribution in [3.63, 3.8) is 0 Å². The smallest absolute Gasteiger partial charge is 0.132 e. The molecule has 0 saturated carbocycles. The lowest BCUT2D eigenvalue weighted by atomic mass is 10.3. The van der Waals surface area contributed by atoms with Gasteiger partial charge in [0.05, 0.1) is 12.7 Å². The number of rotatable bonds is 5. The van der Waals surface area contributed by atoms with E-state index in [1.807, 2.05) is 30.5 Å². The number of para-hydroxylation sites is 1. The van der Waals surface area contributed by atoms with Gasteiger partial charge in [0, 0.05) is 11.3 Å². The molecule has 74 valence electrons. The molecule has 0 aromatic heterocycles. The normalized spacial score (nSPS) is 9.43. The van der Waals surface area contributed by atoms with Crippen molar-refractivity contribution in [2.24, 2.45) is 0 Å². The number of nitrogens with zero attached hydrogens (tertiary/aromatic N) is 1. The number of nitriles is 1. The fourth-order valence-electron chi connectivity index (χ4n) is 1.07. The monoisotopic (exact) mass is 207 g/mol. The van der Waals surface area contributed by atoms with Gasteiger partial charge < -0.3 is 4.74 Å². The highest BCUT2D eigenvalue weighted by Crippen LogP contribution is 2.26. The molecule has 1 rings (SSSR count). The fourth-order valence-corrected chi connectivity index (χ4v) is 1.61. The number of hydrogen-bond acceptors (Lipinski definition) is 3. The van der Waals surface area contributed by atoms with Gasteiger partial charge in [0.2, 0.25) is 0 Å². The summed E-state index contributed by atoms with van der Waals surface area (Å²) < 4.78 is 5.56. The maximum Gasteiger partial charge on any atom is 0.132 e. The number of hydrogen-bond donors (Lipinski definition) is 0. The average Bonchev–Trinajstić information content (AvgIpc) is 2.25. The molecule has 0 aliphatic heterocycles. The first-order valence-electron chi connectivity index (χ1n) is 4.51. The molecular formula is C11H13NOS. The summed E-state index contributed by atoms with van der Waals surface area (Å²) in [4.78, 5) is 1.14. The van der Waals surface area contributed by atoms with Gasteiger partial charge in [-0.1, -0.05) is 12.1 Å². The van der Waals surface area contributed by atoms with E-state index in [0.717, 1.165) is 17.1 Å². The molecule has 0 saturated heterocycles. The van der Waals surface area contributed by atoms with E-state index in [4.69, 9.17) is 10.00 Å². The van der Waals surface area contributed by atoms with Crippen molar-refractivity contribution in [3.8, 4) is 11.8 Å². The minimum Gasteiger partial charge on any atom is -0.492 e. The Morgan fingerprint density at radius 1 is 1.43 bits per heavy atom. The van der Waals surface area contributed by atoms with Gasteiger partial charge in [-0.15, -0.1) is 11.8 Å². The first-order chi connectivity index (χ1) is 6.88. The molecule has 0 N–H and O–H groups in total. The topological polar surface area (TPSA) is 33.0 Å². The van der Waals surface area contributed by atoms with Crippen LogP contribution >= 0.6 is 11.8 Å². The van der Waals surface area contributed by atoms with Gasteiger partial charge in [0.1, 0.15) is 5.75 Å². The Morgan fingerprint density at radius 2 is 2.21 bits per heavy atom. The molecular weight excluding hydrogens is 194 g/mol.